The number of nitrogens with one attached hydrogen (secondary N) is 1. The Morgan fingerprint density at radius 1 is 1.19 bits per heavy atom. The minimum atomic E-state index is -2.53. The molecule has 0 aliphatic carbocycles. The van der Waals surface area contributed by atoms with Crippen LogP contribution in [-0.4, -0.2) is 51.7 Å². The Balaban J connectivity index is 2.40. The Morgan fingerprint density at radius 2 is 1.86 bits per heavy atom. The van der Waals surface area contributed by atoms with Crippen molar-refractivity contribution in [3.63, 3.8) is 0 Å². The molecule has 0 bridgehead atoms. The Bertz CT molecular complexity index is 482. The fourth-order valence-corrected chi connectivity index (χ4v) is 2.93. The third-order valence-electron chi connectivity index (χ3n) is 3.62. The lowest BCUT2D eigenvalue weighted by Gasteiger charge is -2.35. The van der Waals surface area contributed by atoms with Gasteiger partial charge in [0, 0.05) is 26.2 Å². The van der Waals surface area contributed by atoms with E-state index in [1.807, 2.05) is 0 Å². The molecule has 1 aliphatic heterocycles. The van der Waals surface area contributed by atoms with Crippen molar-refractivity contribution < 1.29 is 18.3 Å². The van der Waals surface area contributed by atoms with Crippen molar-refractivity contribution in [2.24, 2.45) is 0 Å². The van der Waals surface area contributed by atoms with Crippen molar-refractivity contribution in [1.29, 1.82) is 0 Å². The summed E-state index contributed by atoms with van der Waals surface area (Å²) in [5.74, 6) is 0.719. The quantitative estimate of drug-likeness (QED) is 0.904. The van der Waals surface area contributed by atoms with E-state index >= 15 is 0 Å². The van der Waals surface area contributed by atoms with Gasteiger partial charge >= 0.3 is 0 Å². The summed E-state index contributed by atoms with van der Waals surface area (Å²) in [7, 11) is 2.92. The number of hydrogen-bond acceptors (Lipinski definition) is 4. The first-order chi connectivity index (χ1) is 10.1. The van der Waals surface area contributed by atoms with Crippen LogP contribution in [0.5, 0.6) is 11.5 Å². The summed E-state index contributed by atoms with van der Waals surface area (Å²) in [4.78, 5) is 1.74. The molecule has 7 heteroatoms. The first-order valence-electron chi connectivity index (χ1n) is 6.73. The molecular weight excluding hydrogens is 302 g/mol. The number of benzene rings is 1. The van der Waals surface area contributed by atoms with E-state index in [1.54, 1.807) is 17.0 Å². The van der Waals surface area contributed by atoms with E-state index in [9.17, 15) is 8.78 Å². The number of alkyl halides is 2. The van der Waals surface area contributed by atoms with Crippen molar-refractivity contribution in [2.45, 2.75) is 12.5 Å². The molecule has 4 nitrogen and oxygen atoms in total. The van der Waals surface area contributed by atoms with Gasteiger partial charge in [-0.2, -0.15) is 0 Å². The number of rotatable bonds is 5. The Hall–Kier alpha value is -1.11. The minimum absolute atomic E-state index is 0.181. The number of piperazine rings is 1. The largest absolute Gasteiger partial charge is 0.493 e. The first-order valence-corrected chi connectivity index (χ1v) is 7.11. The molecule has 0 unspecified atom stereocenters. The van der Waals surface area contributed by atoms with Crippen LogP contribution in [-0.2, 0) is 0 Å². The molecule has 0 aromatic heterocycles. The summed E-state index contributed by atoms with van der Waals surface area (Å²) in [6.07, 6.45) is -2.53. The van der Waals surface area contributed by atoms with E-state index in [2.05, 4.69) is 5.32 Å². The van der Waals surface area contributed by atoms with Crippen LogP contribution in [0.2, 0.25) is 5.02 Å². The molecule has 1 saturated heterocycles. The Labute approximate surface area is 128 Å². The molecule has 0 spiro atoms. The summed E-state index contributed by atoms with van der Waals surface area (Å²) in [5, 5.41) is 3.33. The Kier molecular flexibility index (Phi) is 5.61. The molecule has 21 heavy (non-hydrogen) atoms. The summed E-state index contributed by atoms with van der Waals surface area (Å²) >= 11 is 6.27. The van der Waals surface area contributed by atoms with E-state index < -0.39 is 12.5 Å². The lowest BCUT2D eigenvalue weighted by atomic mass is 10.0. The fraction of sp³-hybridized carbons (Fsp3) is 0.571. The highest BCUT2D eigenvalue weighted by atomic mass is 35.5. The van der Waals surface area contributed by atoms with Crippen molar-refractivity contribution in [3.8, 4) is 11.5 Å². The molecule has 1 aliphatic rings. The Morgan fingerprint density at radius 3 is 2.38 bits per heavy atom. The van der Waals surface area contributed by atoms with Crippen LogP contribution in [0, 0.1) is 0 Å². The van der Waals surface area contributed by atoms with Crippen molar-refractivity contribution in [3.05, 3.63) is 22.7 Å². The predicted octanol–water partition coefficient (Wildman–Crippen LogP) is 2.57. The second kappa shape index (κ2) is 7.24. The first kappa shape index (κ1) is 16.3. The van der Waals surface area contributed by atoms with Crippen LogP contribution in [0.15, 0.2) is 12.1 Å². The summed E-state index contributed by atoms with van der Waals surface area (Å²) in [6.45, 7) is 2.49. The number of methoxy groups -OCH3 is 2. The van der Waals surface area contributed by atoms with Crippen LogP contribution in [0.1, 0.15) is 11.6 Å². The van der Waals surface area contributed by atoms with Crippen LogP contribution in [0.3, 0.4) is 0 Å². The van der Waals surface area contributed by atoms with Crippen LogP contribution < -0.4 is 14.8 Å². The third-order valence-corrected chi connectivity index (χ3v) is 4.01. The number of halogens is 3. The molecule has 1 aromatic rings. The maximum Gasteiger partial charge on any atom is 0.258 e. The van der Waals surface area contributed by atoms with E-state index in [1.165, 1.54) is 14.2 Å². The number of ether oxygens (including phenoxy) is 2. The van der Waals surface area contributed by atoms with Crippen molar-refractivity contribution in [1.82, 2.24) is 10.2 Å². The molecular formula is C14H19ClF2N2O2. The molecule has 118 valence electrons. The molecule has 1 atom stereocenters. The maximum absolute atomic E-state index is 13.6. The normalized spacial score (nSPS) is 17.8. The summed E-state index contributed by atoms with van der Waals surface area (Å²) in [6, 6.07) is 2.15. The second-order valence-corrected chi connectivity index (χ2v) is 5.15. The molecule has 1 heterocycles. The standard InChI is InChI=1S/C14H19ClF2N2O2/c1-20-10-4-3-9(11(15)13(10)21-2)12(14(16)17)19-7-5-18-6-8-19/h3-4,12,14,18H,5-8H2,1-2H3/t12-/m0/s1. The summed E-state index contributed by atoms with van der Waals surface area (Å²) < 4.78 is 37.5. The smallest absolute Gasteiger partial charge is 0.258 e. The van der Waals surface area contributed by atoms with E-state index in [0.717, 1.165) is 0 Å². The highest BCUT2D eigenvalue weighted by Gasteiger charge is 2.33. The third kappa shape index (κ3) is 3.39. The zero-order valence-corrected chi connectivity index (χ0v) is 12.8. The molecule has 0 amide bonds. The predicted molar refractivity (Wildman–Crippen MR) is 77.7 cm³/mol. The highest BCUT2D eigenvalue weighted by molar-refractivity contribution is 6.33. The van der Waals surface area contributed by atoms with Crippen LogP contribution in [0.25, 0.3) is 0 Å². The topological polar surface area (TPSA) is 33.7 Å². The lowest BCUT2D eigenvalue weighted by Crippen LogP contribution is -2.47. The van der Waals surface area contributed by atoms with Gasteiger partial charge in [0.15, 0.2) is 11.5 Å². The molecule has 1 fully saturated rings. The highest BCUT2D eigenvalue weighted by Crippen LogP contribution is 2.42. The maximum atomic E-state index is 13.6. The van der Waals surface area contributed by atoms with Gasteiger partial charge in [-0.25, -0.2) is 8.78 Å². The number of hydrogen-bond donors (Lipinski definition) is 1. The van der Waals surface area contributed by atoms with Gasteiger partial charge in [0.05, 0.1) is 25.3 Å². The fourth-order valence-electron chi connectivity index (χ4n) is 2.59. The van der Waals surface area contributed by atoms with E-state index in [-0.39, 0.29) is 10.8 Å². The van der Waals surface area contributed by atoms with Crippen molar-refractivity contribution >= 4 is 11.6 Å². The summed E-state index contributed by atoms with van der Waals surface area (Å²) in [5.41, 5.74) is 0.367. The van der Waals surface area contributed by atoms with Gasteiger partial charge < -0.3 is 14.8 Å². The SMILES string of the molecule is COc1ccc([C@@H](C(F)F)N2CCNCC2)c(Cl)c1OC. The monoisotopic (exact) mass is 320 g/mol. The zero-order chi connectivity index (χ0) is 15.4. The lowest BCUT2D eigenvalue weighted by molar-refractivity contribution is 0.0181. The second-order valence-electron chi connectivity index (χ2n) is 4.77. The van der Waals surface area contributed by atoms with Gasteiger partial charge in [0.2, 0.25) is 0 Å². The van der Waals surface area contributed by atoms with E-state index in [0.29, 0.717) is 37.5 Å². The average molecular weight is 321 g/mol. The molecule has 1 N–H and O–H groups in total. The zero-order valence-electron chi connectivity index (χ0n) is 12.0. The van der Waals surface area contributed by atoms with Gasteiger partial charge in [-0.15, -0.1) is 0 Å². The van der Waals surface area contributed by atoms with Crippen LogP contribution in [0.4, 0.5) is 8.78 Å². The van der Waals surface area contributed by atoms with Gasteiger partial charge in [0.1, 0.15) is 0 Å². The van der Waals surface area contributed by atoms with Gasteiger partial charge in [-0.3, -0.25) is 4.90 Å². The minimum Gasteiger partial charge on any atom is -0.493 e. The van der Waals surface area contributed by atoms with Crippen molar-refractivity contribution in [2.75, 3.05) is 40.4 Å². The molecule has 2 rings (SSSR count). The average Bonchev–Trinajstić information content (AvgIpc) is 2.49. The van der Waals surface area contributed by atoms with Gasteiger partial charge in [-0.1, -0.05) is 17.7 Å². The van der Waals surface area contributed by atoms with Gasteiger partial charge in [-0.05, 0) is 11.6 Å². The number of nitrogens with zero attached hydrogens (tertiary/aromatic N) is 1. The van der Waals surface area contributed by atoms with Gasteiger partial charge in [0.25, 0.3) is 6.43 Å². The molecule has 0 saturated carbocycles. The molecule has 1 aromatic carbocycles. The molecule has 0 radical (unpaired) electrons. The van der Waals surface area contributed by atoms with Crippen LogP contribution >= 0.6 is 11.6 Å². The van der Waals surface area contributed by atoms with E-state index in [4.69, 9.17) is 21.1 Å².